The van der Waals surface area contributed by atoms with E-state index in [2.05, 4.69) is 5.10 Å². The Morgan fingerprint density at radius 1 is 1.26 bits per heavy atom. The molecule has 0 saturated carbocycles. The predicted molar refractivity (Wildman–Crippen MR) is 80.9 cm³/mol. The van der Waals surface area contributed by atoms with Crippen LogP contribution in [0.15, 0.2) is 41.6 Å². The van der Waals surface area contributed by atoms with E-state index in [-0.39, 0.29) is 13.1 Å². The van der Waals surface area contributed by atoms with Crippen molar-refractivity contribution in [3.63, 3.8) is 0 Å². The Morgan fingerprint density at radius 2 is 2.04 bits per heavy atom. The summed E-state index contributed by atoms with van der Waals surface area (Å²) in [6.07, 6.45) is 5.91. The highest BCUT2D eigenvalue weighted by atomic mass is 32.2. The second-order valence-electron chi connectivity index (χ2n) is 5.33. The molecule has 0 fully saturated rings. The molecule has 0 radical (unpaired) electrons. The van der Waals surface area contributed by atoms with Gasteiger partial charge in [0, 0.05) is 38.0 Å². The Labute approximate surface area is 132 Å². The molecule has 1 aliphatic rings. The van der Waals surface area contributed by atoms with Crippen molar-refractivity contribution in [3.05, 3.63) is 53.9 Å². The normalized spacial score (nSPS) is 16.4. The topological polar surface area (TPSA) is 55.2 Å². The molecule has 23 heavy (non-hydrogen) atoms. The minimum atomic E-state index is -4.02. The van der Waals surface area contributed by atoms with Gasteiger partial charge in [0.25, 0.3) is 0 Å². The molecular weight excluding hydrogens is 324 g/mol. The van der Waals surface area contributed by atoms with Crippen molar-refractivity contribution in [2.75, 3.05) is 13.1 Å². The lowest BCUT2D eigenvalue weighted by atomic mass is 10.1. The van der Waals surface area contributed by atoms with E-state index >= 15 is 0 Å². The van der Waals surface area contributed by atoms with Crippen LogP contribution in [-0.2, 0) is 17.1 Å². The Morgan fingerprint density at radius 3 is 2.70 bits per heavy atom. The van der Waals surface area contributed by atoms with Crippen LogP contribution >= 0.6 is 0 Å². The quantitative estimate of drug-likeness (QED) is 0.861. The first-order valence-electron chi connectivity index (χ1n) is 7.01. The molecule has 0 bridgehead atoms. The van der Waals surface area contributed by atoms with Crippen LogP contribution in [0.25, 0.3) is 5.57 Å². The highest BCUT2D eigenvalue weighted by molar-refractivity contribution is 7.89. The molecule has 2 heterocycles. The number of hydrogen-bond donors (Lipinski definition) is 0. The van der Waals surface area contributed by atoms with E-state index in [0.29, 0.717) is 12.5 Å². The first-order valence-corrected chi connectivity index (χ1v) is 8.45. The number of benzene rings is 1. The van der Waals surface area contributed by atoms with Gasteiger partial charge >= 0.3 is 0 Å². The minimum Gasteiger partial charge on any atom is -0.275 e. The molecule has 1 aromatic heterocycles. The van der Waals surface area contributed by atoms with E-state index in [1.54, 1.807) is 24.1 Å². The second-order valence-corrected chi connectivity index (χ2v) is 7.24. The summed E-state index contributed by atoms with van der Waals surface area (Å²) in [5.41, 5.74) is 1.64. The first kappa shape index (κ1) is 15.8. The molecule has 8 heteroatoms. The summed E-state index contributed by atoms with van der Waals surface area (Å²) in [7, 11) is -2.25. The lowest BCUT2D eigenvalue weighted by molar-refractivity contribution is 0.437. The Balaban J connectivity index is 1.91. The van der Waals surface area contributed by atoms with Gasteiger partial charge in [-0.2, -0.15) is 9.40 Å². The third kappa shape index (κ3) is 3.04. The van der Waals surface area contributed by atoms with Crippen LogP contribution < -0.4 is 0 Å². The molecule has 3 rings (SSSR count). The van der Waals surface area contributed by atoms with E-state index in [9.17, 15) is 17.2 Å². The average Bonchev–Trinajstić information content (AvgIpc) is 2.93. The Bertz CT molecular complexity index is 875. The van der Waals surface area contributed by atoms with Crippen molar-refractivity contribution < 1.29 is 17.2 Å². The highest BCUT2D eigenvalue weighted by Crippen LogP contribution is 2.26. The minimum absolute atomic E-state index is 0.130. The molecule has 0 N–H and O–H groups in total. The maximum atomic E-state index is 13.9. The molecule has 2 aromatic rings. The van der Waals surface area contributed by atoms with Gasteiger partial charge < -0.3 is 0 Å². The van der Waals surface area contributed by atoms with E-state index in [0.717, 1.165) is 23.3 Å². The van der Waals surface area contributed by atoms with E-state index in [1.807, 2.05) is 6.08 Å². The second kappa shape index (κ2) is 5.86. The number of halogens is 2. The molecule has 5 nitrogen and oxygen atoms in total. The summed E-state index contributed by atoms with van der Waals surface area (Å²) in [5.74, 6) is -1.89. The number of nitrogens with zero attached hydrogens (tertiary/aromatic N) is 3. The number of aryl methyl sites for hydroxylation is 1. The number of aromatic nitrogens is 2. The SMILES string of the molecule is Cn1cc(C2=CCCN(S(=O)(=O)c3ccc(F)cc3F)C2)cn1. The van der Waals surface area contributed by atoms with Gasteiger partial charge in [0.1, 0.15) is 16.5 Å². The van der Waals surface area contributed by atoms with Gasteiger partial charge in [-0.05, 0) is 24.1 Å². The van der Waals surface area contributed by atoms with Crippen LogP contribution in [0.4, 0.5) is 8.78 Å². The van der Waals surface area contributed by atoms with Crippen molar-refractivity contribution in [2.24, 2.45) is 7.05 Å². The zero-order valence-electron chi connectivity index (χ0n) is 12.4. The van der Waals surface area contributed by atoms with Crippen molar-refractivity contribution in [2.45, 2.75) is 11.3 Å². The van der Waals surface area contributed by atoms with Crippen LogP contribution in [-0.4, -0.2) is 35.6 Å². The summed E-state index contributed by atoms with van der Waals surface area (Å²) < 4.78 is 54.9. The number of hydrogen-bond acceptors (Lipinski definition) is 3. The smallest absolute Gasteiger partial charge is 0.246 e. The third-order valence-corrected chi connectivity index (χ3v) is 5.58. The zero-order chi connectivity index (χ0) is 16.6. The van der Waals surface area contributed by atoms with Crippen LogP contribution in [0.1, 0.15) is 12.0 Å². The molecular formula is C15H15F2N3O2S. The highest BCUT2D eigenvalue weighted by Gasteiger charge is 2.30. The van der Waals surface area contributed by atoms with Gasteiger partial charge in [0.05, 0.1) is 6.20 Å². The molecule has 0 aliphatic carbocycles. The predicted octanol–water partition coefficient (Wildman–Crippen LogP) is 2.18. The first-order chi connectivity index (χ1) is 10.9. The van der Waals surface area contributed by atoms with Gasteiger partial charge in [0.15, 0.2) is 0 Å². The molecule has 0 amide bonds. The lowest BCUT2D eigenvalue weighted by Gasteiger charge is -2.26. The van der Waals surface area contributed by atoms with Crippen LogP contribution in [0.3, 0.4) is 0 Å². The monoisotopic (exact) mass is 339 g/mol. The summed E-state index contributed by atoms with van der Waals surface area (Å²) in [5, 5.41) is 4.07. The molecule has 1 aromatic carbocycles. The molecule has 1 aliphatic heterocycles. The molecule has 0 spiro atoms. The van der Waals surface area contributed by atoms with E-state index < -0.39 is 26.6 Å². The van der Waals surface area contributed by atoms with Crippen LogP contribution in [0.2, 0.25) is 0 Å². The molecule has 0 saturated heterocycles. The number of rotatable bonds is 3. The third-order valence-electron chi connectivity index (χ3n) is 3.70. The van der Waals surface area contributed by atoms with Crippen molar-refractivity contribution >= 4 is 15.6 Å². The van der Waals surface area contributed by atoms with Crippen LogP contribution in [0, 0.1) is 11.6 Å². The summed E-state index contributed by atoms with van der Waals surface area (Å²) in [4.78, 5) is -0.508. The molecule has 0 unspecified atom stereocenters. The van der Waals surface area contributed by atoms with Crippen LogP contribution in [0.5, 0.6) is 0 Å². The van der Waals surface area contributed by atoms with Crippen molar-refractivity contribution in [1.29, 1.82) is 0 Å². The lowest BCUT2D eigenvalue weighted by Crippen LogP contribution is -2.35. The maximum Gasteiger partial charge on any atom is 0.246 e. The van der Waals surface area contributed by atoms with Gasteiger partial charge in [-0.25, -0.2) is 17.2 Å². The molecule has 0 atom stereocenters. The molecule has 122 valence electrons. The van der Waals surface area contributed by atoms with Gasteiger partial charge in [-0.15, -0.1) is 0 Å². The maximum absolute atomic E-state index is 13.9. The van der Waals surface area contributed by atoms with E-state index in [1.165, 1.54) is 4.31 Å². The number of sulfonamides is 1. The zero-order valence-corrected chi connectivity index (χ0v) is 13.2. The fraction of sp³-hybridized carbons (Fsp3) is 0.267. The van der Waals surface area contributed by atoms with Gasteiger partial charge in [-0.3, -0.25) is 4.68 Å². The van der Waals surface area contributed by atoms with Gasteiger partial charge in [0.2, 0.25) is 10.0 Å². The van der Waals surface area contributed by atoms with Crippen molar-refractivity contribution in [3.8, 4) is 0 Å². The Kier molecular flexibility index (Phi) is 4.03. The average molecular weight is 339 g/mol. The Hall–Kier alpha value is -2.06. The summed E-state index contributed by atoms with van der Waals surface area (Å²) in [6.45, 7) is 0.383. The fourth-order valence-corrected chi connectivity index (χ4v) is 4.02. The summed E-state index contributed by atoms with van der Waals surface area (Å²) in [6, 6.07) is 2.48. The van der Waals surface area contributed by atoms with Gasteiger partial charge in [-0.1, -0.05) is 6.08 Å². The summed E-state index contributed by atoms with van der Waals surface area (Å²) >= 11 is 0. The fourth-order valence-electron chi connectivity index (χ4n) is 2.54. The van der Waals surface area contributed by atoms with E-state index in [4.69, 9.17) is 0 Å². The van der Waals surface area contributed by atoms with Crippen molar-refractivity contribution in [1.82, 2.24) is 14.1 Å². The standard InChI is InChI=1S/C15H15F2N3O2S/c1-19-9-12(8-18-19)11-3-2-6-20(10-11)23(21,22)15-5-4-13(16)7-14(15)17/h3-5,7-9H,2,6,10H2,1H3. The largest absolute Gasteiger partial charge is 0.275 e.